The Kier molecular flexibility index (Phi) is 3.09. The summed E-state index contributed by atoms with van der Waals surface area (Å²) in [5.41, 5.74) is 2.34. The molecule has 0 spiro atoms. The largest absolute Gasteiger partial charge is 0.481 e. The highest BCUT2D eigenvalue weighted by atomic mass is 32.1. The Bertz CT molecular complexity index is 654. The molecule has 1 N–H and O–H groups in total. The van der Waals surface area contributed by atoms with Crippen LogP contribution in [0.5, 0.6) is 5.88 Å². The molecule has 0 aliphatic heterocycles. The van der Waals surface area contributed by atoms with E-state index in [2.05, 4.69) is 21.5 Å². The van der Waals surface area contributed by atoms with Gasteiger partial charge < -0.3 is 14.3 Å². The van der Waals surface area contributed by atoms with Crippen molar-refractivity contribution < 1.29 is 4.74 Å². The fraction of sp³-hybridized carbons (Fsp3) is 0.571. The van der Waals surface area contributed by atoms with Crippen LogP contribution in [0, 0.1) is 10.2 Å². The molecule has 0 saturated heterocycles. The zero-order valence-electron chi connectivity index (χ0n) is 11.4. The molecule has 0 unspecified atom stereocenters. The molecule has 0 radical (unpaired) electrons. The topological polar surface area (TPSA) is 42.8 Å². The van der Waals surface area contributed by atoms with E-state index in [1.807, 2.05) is 12.1 Å². The lowest BCUT2D eigenvalue weighted by atomic mass is 10.0. The van der Waals surface area contributed by atoms with Crippen molar-refractivity contribution in [1.82, 2.24) is 14.5 Å². The lowest BCUT2D eigenvalue weighted by Gasteiger charge is -2.15. The van der Waals surface area contributed by atoms with Gasteiger partial charge in [-0.05, 0) is 43.0 Å². The summed E-state index contributed by atoms with van der Waals surface area (Å²) < 4.78 is 8.10. The van der Waals surface area contributed by atoms with Crippen LogP contribution in [0.25, 0.3) is 11.2 Å². The number of ether oxygens (including phenoxy) is 1. The number of methoxy groups -OCH3 is 1. The van der Waals surface area contributed by atoms with Crippen molar-refractivity contribution in [2.24, 2.45) is 5.41 Å². The maximum atomic E-state index is 5.44. The first-order chi connectivity index (χ1) is 9.17. The van der Waals surface area contributed by atoms with Crippen LogP contribution in [0.4, 0.5) is 0 Å². The third-order valence-corrected chi connectivity index (χ3v) is 4.35. The number of nitrogens with one attached hydrogen (secondary N) is 1. The van der Waals surface area contributed by atoms with Gasteiger partial charge in [0.2, 0.25) is 5.88 Å². The molecule has 2 aromatic rings. The Morgan fingerprint density at radius 1 is 1.47 bits per heavy atom. The molecular formula is C14H19N3OS. The van der Waals surface area contributed by atoms with Crippen molar-refractivity contribution in [2.45, 2.75) is 39.2 Å². The van der Waals surface area contributed by atoms with Gasteiger partial charge in [0, 0.05) is 12.6 Å². The molecule has 1 saturated carbocycles. The van der Waals surface area contributed by atoms with Crippen LogP contribution in [-0.2, 0) is 6.54 Å². The molecule has 19 heavy (non-hydrogen) atoms. The minimum Gasteiger partial charge on any atom is -0.481 e. The molecule has 1 fully saturated rings. The fourth-order valence-corrected chi connectivity index (χ4v) is 3.06. The van der Waals surface area contributed by atoms with Gasteiger partial charge in [-0.1, -0.05) is 13.3 Å². The van der Waals surface area contributed by atoms with Gasteiger partial charge in [-0.3, -0.25) is 0 Å². The maximum Gasteiger partial charge on any atom is 0.215 e. The van der Waals surface area contributed by atoms with Gasteiger partial charge in [-0.2, -0.15) is 4.98 Å². The number of aromatic amines is 1. The average Bonchev–Trinajstić information content (AvgIpc) is 3.10. The smallest absolute Gasteiger partial charge is 0.215 e. The van der Waals surface area contributed by atoms with Gasteiger partial charge in [0.15, 0.2) is 10.4 Å². The molecule has 0 bridgehead atoms. The molecular weight excluding hydrogens is 258 g/mol. The van der Waals surface area contributed by atoms with Crippen LogP contribution in [0.15, 0.2) is 12.1 Å². The van der Waals surface area contributed by atoms with E-state index in [0.29, 0.717) is 11.3 Å². The van der Waals surface area contributed by atoms with Crippen LogP contribution in [0.1, 0.15) is 32.6 Å². The SMILES string of the molecule is CCCC1(Cn2c(=S)[nH]c3ccc(OC)nc32)CC1. The van der Waals surface area contributed by atoms with Gasteiger partial charge >= 0.3 is 0 Å². The Balaban J connectivity index is 2.02. The van der Waals surface area contributed by atoms with Crippen LogP contribution in [-0.4, -0.2) is 21.6 Å². The molecule has 5 heteroatoms. The molecule has 102 valence electrons. The summed E-state index contributed by atoms with van der Waals surface area (Å²) in [4.78, 5) is 7.76. The summed E-state index contributed by atoms with van der Waals surface area (Å²) in [5.74, 6) is 0.635. The normalized spacial score (nSPS) is 16.7. The second-order valence-electron chi connectivity index (χ2n) is 5.49. The van der Waals surface area contributed by atoms with Gasteiger partial charge in [0.1, 0.15) is 0 Å². The summed E-state index contributed by atoms with van der Waals surface area (Å²) in [6.07, 6.45) is 5.11. The highest BCUT2D eigenvalue weighted by molar-refractivity contribution is 7.71. The lowest BCUT2D eigenvalue weighted by Crippen LogP contribution is -2.12. The quantitative estimate of drug-likeness (QED) is 0.848. The third-order valence-electron chi connectivity index (χ3n) is 4.03. The number of pyridine rings is 1. The minimum absolute atomic E-state index is 0.451. The molecule has 0 atom stereocenters. The number of hydrogen-bond donors (Lipinski definition) is 1. The molecule has 0 amide bonds. The Morgan fingerprint density at radius 3 is 2.89 bits per heavy atom. The summed E-state index contributed by atoms with van der Waals surface area (Å²) in [7, 11) is 1.64. The van der Waals surface area contributed by atoms with Crippen molar-refractivity contribution in [3.63, 3.8) is 0 Å². The monoisotopic (exact) mass is 277 g/mol. The summed E-state index contributed by atoms with van der Waals surface area (Å²) in [6, 6.07) is 3.84. The summed E-state index contributed by atoms with van der Waals surface area (Å²) >= 11 is 5.44. The number of imidazole rings is 1. The lowest BCUT2D eigenvalue weighted by molar-refractivity contribution is 0.385. The summed E-state index contributed by atoms with van der Waals surface area (Å²) in [6.45, 7) is 3.22. The van der Waals surface area contributed by atoms with E-state index < -0.39 is 0 Å². The maximum absolute atomic E-state index is 5.44. The first-order valence-electron chi connectivity index (χ1n) is 6.81. The molecule has 1 aliphatic rings. The Morgan fingerprint density at radius 2 is 2.26 bits per heavy atom. The molecule has 0 aromatic carbocycles. The standard InChI is InChI=1S/C14H19N3OS/c1-3-6-14(7-8-14)9-17-12-10(15-13(17)19)4-5-11(16-12)18-2/h4-5H,3,6-9H2,1-2H3,(H,15,19). The van der Waals surface area contributed by atoms with E-state index in [-0.39, 0.29) is 0 Å². The van der Waals surface area contributed by atoms with Crippen LogP contribution in [0.3, 0.4) is 0 Å². The van der Waals surface area contributed by atoms with E-state index in [4.69, 9.17) is 17.0 Å². The second-order valence-corrected chi connectivity index (χ2v) is 5.88. The Labute approximate surface area is 117 Å². The Hall–Kier alpha value is -1.36. The number of hydrogen-bond acceptors (Lipinski definition) is 3. The number of rotatable bonds is 5. The molecule has 1 aliphatic carbocycles. The predicted molar refractivity (Wildman–Crippen MR) is 78.0 cm³/mol. The first kappa shape index (κ1) is 12.7. The zero-order valence-corrected chi connectivity index (χ0v) is 12.2. The second kappa shape index (κ2) is 4.63. The van der Waals surface area contributed by atoms with E-state index in [1.165, 1.54) is 25.7 Å². The number of H-pyrrole nitrogens is 1. The van der Waals surface area contributed by atoms with E-state index in [9.17, 15) is 0 Å². The van der Waals surface area contributed by atoms with Crippen molar-refractivity contribution in [2.75, 3.05) is 7.11 Å². The number of nitrogens with zero attached hydrogens (tertiary/aromatic N) is 2. The number of aromatic nitrogens is 3. The van der Waals surface area contributed by atoms with Gasteiger partial charge in [-0.15, -0.1) is 0 Å². The van der Waals surface area contributed by atoms with Gasteiger partial charge in [-0.25, -0.2) is 0 Å². The highest BCUT2D eigenvalue weighted by Crippen LogP contribution is 2.51. The van der Waals surface area contributed by atoms with Gasteiger partial charge in [0.05, 0.1) is 12.6 Å². The van der Waals surface area contributed by atoms with Gasteiger partial charge in [0.25, 0.3) is 0 Å². The van der Waals surface area contributed by atoms with Crippen LogP contribution >= 0.6 is 12.2 Å². The highest BCUT2D eigenvalue weighted by Gasteiger charge is 2.42. The molecule has 2 aromatic heterocycles. The van der Waals surface area contributed by atoms with E-state index in [0.717, 1.165) is 22.5 Å². The summed E-state index contributed by atoms with van der Waals surface area (Å²) in [5, 5.41) is 0. The van der Waals surface area contributed by atoms with E-state index >= 15 is 0 Å². The molecule has 2 heterocycles. The third kappa shape index (κ3) is 2.27. The number of fused-ring (bicyclic) bond motifs is 1. The van der Waals surface area contributed by atoms with Crippen molar-refractivity contribution >= 4 is 23.4 Å². The average molecular weight is 277 g/mol. The minimum atomic E-state index is 0.451. The van der Waals surface area contributed by atoms with Crippen LogP contribution < -0.4 is 4.74 Å². The van der Waals surface area contributed by atoms with Crippen molar-refractivity contribution in [3.05, 3.63) is 16.9 Å². The predicted octanol–water partition coefficient (Wildman–Crippen LogP) is 3.68. The molecule has 4 nitrogen and oxygen atoms in total. The first-order valence-corrected chi connectivity index (χ1v) is 7.22. The van der Waals surface area contributed by atoms with Crippen LogP contribution in [0.2, 0.25) is 0 Å². The molecule has 3 rings (SSSR count). The zero-order chi connectivity index (χ0) is 13.5. The van der Waals surface area contributed by atoms with Crippen molar-refractivity contribution in [3.8, 4) is 5.88 Å². The van der Waals surface area contributed by atoms with E-state index in [1.54, 1.807) is 7.11 Å². The fourth-order valence-electron chi connectivity index (χ4n) is 2.80. The van der Waals surface area contributed by atoms with Crippen molar-refractivity contribution in [1.29, 1.82) is 0 Å².